The smallest absolute Gasteiger partial charge is 0.243 e. The van der Waals surface area contributed by atoms with Crippen molar-refractivity contribution in [2.24, 2.45) is 0 Å². The molecule has 0 bridgehead atoms. The Morgan fingerprint density at radius 3 is 2.43 bits per heavy atom. The number of Topliss-reactive ketones (excluding diaryl/α,β-unsaturated/α-hetero) is 1. The number of carbonyl (C=O) groups is 1. The number of methoxy groups -OCH3 is 1. The van der Waals surface area contributed by atoms with E-state index in [1.807, 2.05) is 0 Å². The number of piperidine rings is 1. The Labute approximate surface area is 169 Å². The lowest BCUT2D eigenvalue weighted by molar-refractivity contribution is 0.00598. The zero-order chi connectivity index (χ0) is 19.9. The molecule has 1 saturated heterocycles. The molecular weight excluding hydrogens is 402 g/mol. The second-order valence-electron chi connectivity index (χ2n) is 7.08. The summed E-state index contributed by atoms with van der Waals surface area (Å²) in [4.78, 5) is 12.8. The highest BCUT2D eigenvalue weighted by atomic mass is 35.5. The molecule has 0 unspecified atom stereocenters. The molecule has 6 nitrogen and oxygen atoms in total. The van der Waals surface area contributed by atoms with Crippen LogP contribution in [0.1, 0.15) is 29.6 Å². The summed E-state index contributed by atoms with van der Waals surface area (Å²) in [5, 5.41) is 0.401. The van der Waals surface area contributed by atoms with Gasteiger partial charge in [0, 0.05) is 25.9 Å². The number of ketones is 1. The molecule has 0 aromatic heterocycles. The first-order valence-electron chi connectivity index (χ1n) is 9.00. The largest absolute Gasteiger partial charge is 0.497 e. The maximum atomic E-state index is 12.9. The van der Waals surface area contributed by atoms with Gasteiger partial charge in [-0.3, -0.25) is 4.79 Å². The number of hydrogen-bond acceptors (Lipinski definition) is 5. The predicted molar refractivity (Wildman–Crippen MR) is 105 cm³/mol. The number of hydrogen-bond donors (Lipinski definition) is 0. The van der Waals surface area contributed by atoms with Crippen molar-refractivity contribution in [1.82, 2.24) is 4.31 Å². The number of para-hydroxylation sites is 1. The number of carbonyl (C=O) groups excluding carboxylic acids is 1. The third kappa shape index (κ3) is 3.27. The second-order valence-corrected chi connectivity index (χ2v) is 9.43. The summed E-state index contributed by atoms with van der Waals surface area (Å²) >= 11 is 6.22. The molecule has 2 aromatic carbocycles. The van der Waals surface area contributed by atoms with E-state index in [9.17, 15) is 13.2 Å². The van der Waals surface area contributed by atoms with E-state index in [0.717, 1.165) is 0 Å². The van der Waals surface area contributed by atoms with E-state index < -0.39 is 15.6 Å². The third-order valence-corrected chi connectivity index (χ3v) is 7.61. The van der Waals surface area contributed by atoms with E-state index >= 15 is 0 Å². The van der Waals surface area contributed by atoms with Gasteiger partial charge in [0.05, 0.1) is 29.0 Å². The number of rotatable bonds is 3. The summed E-state index contributed by atoms with van der Waals surface area (Å²) in [5.74, 6) is 0.989. The predicted octanol–water partition coefficient (Wildman–Crippen LogP) is 3.54. The van der Waals surface area contributed by atoms with Crippen LogP contribution in [0.15, 0.2) is 47.4 Å². The minimum Gasteiger partial charge on any atom is -0.497 e. The average Bonchev–Trinajstić information content (AvgIpc) is 2.69. The molecule has 0 amide bonds. The van der Waals surface area contributed by atoms with Gasteiger partial charge < -0.3 is 9.47 Å². The van der Waals surface area contributed by atoms with Crippen molar-refractivity contribution < 1.29 is 22.7 Å². The molecule has 8 heteroatoms. The fourth-order valence-electron chi connectivity index (χ4n) is 3.78. The lowest BCUT2D eigenvalue weighted by atomic mass is 9.83. The zero-order valence-corrected chi connectivity index (χ0v) is 16.9. The van der Waals surface area contributed by atoms with Crippen molar-refractivity contribution in [3.63, 3.8) is 0 Å². The fourth-order valence-corrected chi connectivity index (χ4v) is 5.44. The Bertz CT molecular complexity index is 1010. The Kier molecular flexibility index (Phi) is 4.85. The molecule has 0 aliphatic carbocycles. The standard InChI is InChI=1S/C20H20ClNO5S/c1-26-14-5-7-15(8-6-14)28(24,25)22-11-9-20(10-12-22)13-18(23)16-3-2-4-17(21)19(16)27-20/h2-8H,9-13H2,1H3. The van der Waals surface area contributed by atoms with Gasteiger partial charge in [-0.05, 0) is 36.4 Å². The summed E-state index contributed by atoms with van der Waals surface area (Å²) in [7, 11) is -2.08. The highest BCUT2D eigenvalue weighted by molar-refractivity contribution is 7.89. The number of sulfonamides is 1. The van der Waals surface area contributed by atoms with Crippen LogP contribution in [-0.4, -0.2) is 44.3 Å². The van der Waals surface area contributed by atoms with Crippen LogP contribution in [0.5, 0.6) is 11.5 Å². The van der Waals surface area contributed by atoms with Gasteiger partial charge in [-0.2, -0.15) is 4.31 Å². The summed E-state index contributed by atoms with van der Waals surface area (Å²) in [6.45, 7) is 0.558. The van der Waals surface area contributed by atoms with E-state index in [4.69, 9.17) is 21.1 Å². The van der Waals surface area contributed by atoms with Crippen molar-refractivity contribution >= 4 is 27.4 Å². The number of ether oxygens (including phenoxy) is 2. The van der Waals surface area contributed by atoms with Crippen molar-refractivity contribution in [2.75, 3.05) is 20.2 Å². The van der Waals surface area contributed by atoms with Crippen LogP contribution >= 0.6 is 11.6 Å². The molecule has 2 heterocycles. The van der Waals surface area contributed by atoms with Crippen molar-refractivity contribution in [3.8, 4) is 11.5 Å². The van der Waals surface area contributed by atoms with Gasteiger partial charge >= 0.3 is 0 Å². The van der Waals surface area contributed by atoms with Crippen LogP contribution in [0.3, 0.4) is 0 Å². The van der Waals surface area contributed by atoms with E-state index in [1.165, 1.54) is 23.5 Å². The van der Waals surface area contributed by atoms with Gasteiger partial charge in [0.15, 0.2) is 5.78 Å². The topological polar surface area (TPSA) is 72.9 Å². The molecule has 0 N–H and O–H groups in total. The molecule has 2 aliphatic heterocycles. The Morgan fingerprint density at radius 2 is 1.79 bits per heavy atom. The van der Waals surface area contributed by atoms with Gasteiger partial charge in [-0.25, -0.2) is 8.42 Å². The number of halogens is 1. The molecular formula is C20H20ClNO5S. The van der Waals surface area contributed by atoms with Crippen LogP contribution in [0.25, 0.3) is 0 Å². The summed E-state index contributed by atoms with van der Waals surface area (Å²) in [6, 6.07) is 11.4. The molecule has 0 atom stereocenters. The minimum atomic E-state index is -3.61. The maximum Gasteiger partial charge on any atom is 0.243 e. The first-order valence-corrected chi connectivity index (χ1v) is 10.8. The van der Waals surface area contributed by atoms with Crippen LogP contribution in [0.4, 0.5) is 0 Å². The summed E-state index contributed by atoms with van der Waals surface area (Å²) in [5.41, 5.74) is -0.215. The fraction of sp³-hybridized carbons (Fsp3) is 0.350. The van der Waals surface area contributed by atoms with Crippen LogP contribution in [0, 0.1) is 0 Å². The number of fused-ring (bicyclic) bond motifs is 1. The lowest BCUT2D eigenvalue weighted by Gasteiger charge is -2.43. The van der Waals surface area contributed by atoms with E-state index in [2.05, 4.69) is 0 Å². The first kappa shape index (κ1) is 19.2. The highest BCUT2D eigenvalue weighted by Crippen LogP contribution is 2.43. The number of benzene rings is 2. The number of nitrogens with zero attached hydrogens (tertiary/aromatic N) is 1. The summed E-state index contributed by atoms with van der Waals surface area (Å²) in [6.07, 6.45) is 1.09. The molecule has 1 spiro atoms. The van der Waals surface area contributed by atoms with Gasteiger partial charge in [-0.1, -0.05) is 17.7 Å². The highest BCUT2D eigenvalue weighted by Gasteiger charge is 2.45. The van der Waals surface area contributed by atoms with Crippen LogP contribution in [0.2, 0.25) is 5.02 Å². The quantitative estimate of drug-likeness (QED) is 0.757. The van der Waals surface area contributed by atoms with Gasteiger partial charge in [0.2, 0.25) is 10.0 Å². The normalized spacial score (nSPS) is 19.1. The summed E-state index contributed by atoms with van der Waals surface area (Å²) < 4.78 is 38.6. The Balaban J connectivity index is 1.53. The van der Waals surface area contributed by atoms with E-state index in [1.54, 1.807) is 30.3 Å². The average molecular weight is 422 g/mol. The minimum absolute atomic E-state index is 0.0183. The third-order valence-electron chi connectivity index (χ3n) is 5.40. The molecule has 0 radical (unpaired) electrons. The zero-order valence-electron chi connectivity index (χ0n) is 15.4. The molecule has 2 aromatic rings. The van der Waals surface area contributed by atoms with Crippen molar-refractivity contribution in [1.29, 1.82) is 0 Å². The Morgan fingerprint density at radius 1 is 1.11 bits per heavy atom. The lowest BCUT2D eigenvalue weighted by Crippen LogP contribution is -2.52. The van der Waals surface area contributed by atoms with E-state index in [-0.39, 0.29) is 30.2 Å². The Hall–Kier alpha value is -2.09. The molecule has 1 fully saturated rings. The molecule has 148 valence electrons. The maximum absolute atomic E-state index is 12.9. The molecule has 2 aliphatic rings. The van der Waals surface area contributed by atoms with Crippen LogP contribution in [-0.2, 0) is 10.0 Å². The van der Waals surface area contributed by atoms with Crippen LogP contribution < -0.4 is 9.47 Å². The monoisotopic (exact) mass is 421 g/mol. The first-order chi connectivity index (χ1) is 13.3. The second kappa shape index (κ2) is 7.06. The SMILES string of the molecule is COc1ccc(S(=O)(=O)N2CCC3(CC2)CC(=O)c2cccc(Cl)c2O3)cc1. The van der Waals surface area contributed by atoms with Crippen molar-refractivity contribution in [2.45, 2.75) is 29.8 Å². The van der Waals surface area contributed by atoms with E-state index in [0.29, 0.717) is 34.9 Å². The van der Waals surface area contributed by atoms with Gasteiger partial charge in [0.1, 0.15) is 17.1 Å². The van der Waals surface area contributed by atoms with Crippen molar-refractivity contribution in [3.05, 3.63) is 53.1 Å². The van der Waals surface area contributed by atoms with Gasteiger partial charge in [-0.15, -0.1) is 0 Å². The van der Waals surface area contributed by atoms with Gasteiger partial charge in [0.25, 0.3) is 0 Å². The molecule has 0 saturated carbocycles. The molecule has 28 heavy (non-hydrogen) atoms. The molecule has 4 rings (SSSR count).